The zero-order valence-corrected chi connectivity index (χ0v) is 10.8. The molecule has 0 radical (unpaired) electrons. The smallest absolute Gasteiger partial charge is 0.324 e. The molecule has 1 aromatic carbocycles. The van der Waals surface area contributed by atoms with Crippen molar-refractivity contribution in [2.24, 2.45) is 5.73 Å². The van der Waals surface area contributed by atoms with Crippen LogP contribution in [0, 0.1) is 6.92 Å². The highest BCUT2D eigenvalue weighted by atomic mass is 16.5. The maximum atomic E-state index is 11.7. The zero-order valence-electron chi connectivity index (χ0n) is 10.8. The Kier molecular flexibility index (Phi) is 3.82. The largest absolute Gasteiger partial charge is 0.360 e. The molecule has 2 amide bonds. The number of hydrogen-bond donors (Lipinski definition) is 3. The third-order valence-electron chi connectivity index (χ3n) is 2.56. The van der Waals surface area contributed by atoms with Gasteiger partial charge in [0.1, 0.15) is 5.76 Å². The van der Waals surface area contributed by atoms with Gasteiger partial charge in [-0.25, -0.2) is 4.79 Å². The molecule has 0 aliphatic heterocycles. The standard InChI is InChI=1S/C13H16N4O2/c1-8-7-12(17-19-8)16-13(18)15-11-5-3-10(4-6-11)9(2)14/h3-7,9H,14H2,1-2H3,(H2,15,16,17,18). The normalized spacial score (nSPS) is 11.9. The summed E-state index contributed by atoms with van der Waals surface area (Å²) >= 11 is 0. The lowest BCUT2D eigenvalue weighted by Crippen LogP contribution is -2.19. The minimum Gasteiger partial charge on any atom is -0.360 e. The van der Waals surface area contributed by atoms with Crippen LogP contribution >= 0.6 is 0 Å². The predicted molar refractivity (Wildman–Crippen MR) is 72.9 cm³/mol. The third-order valence-corrected chi connectivity index (χ3v) is 2.56. The van der Waals surface area contributed by atoms with Crippen LogP contribution < -0.4 is 16.4 Å². The van der Waals surface area contributed by atoms with Crippen molar-refractivity contribution in [3.05, 3.63) is 41.7 Å². The van der Waals surface area contributed by atoms with Gasteiger partial charge in [0, 0.05) is 17.8 Å². The van der Waals surface area contributed by atoms with Gasteiger partial charge in [-0.2, -0.15) is 0 Å². The van der Waals surface area contributed by atoms with E-state index in [1.54, 1.807) is 25.1 Å². The van der Waals surface area contributed by atoms with Crippen molar-refractivity contribution in [2.75, 3.05) is 10.6 Å². The summed E-state index contributed by atoms with van der Waals surface area (Å²) in [7, 11) is 0. The van der Waals surface area contributed by atoms with E-state index in [-0.39, 0.29) is 12.1 Å². The van der Waals surface area contributed by atoms with E-state index in [2.05, 4.69) is 15.8 Å². The quantitative estimate of drug-likeness (QED) is 0.790. The van der Waals surface area contributed by atoms with Crippen LogP contribution in [0.1, 0.15) is 24.3 Å². The van der Waals surface area contributed by atoms with E-state index in [9.17, 15) is 4.79 Å². The van der Waals surface area contributed by atoms with Gasteiger partial charge in [0.05, 0.1) is 0 Å². The van der Waals surface area contributed by atoms with Crippen LogP contribution in [0.25, 0.3) is 0 Å². The number of benzene rings is 1. The molecular formula is C13H16N4O2. The first-order valence-corrected chi connectivity index (χ1v) is 5.91. The van der Waals surface area contributed by atoms with Crippen molar-refractivity contribution in [3.63, 3.8) is 0 Å². The van der Waals surface area contributed by atoms with Crippen molar-refractivity contribution in [2.45, 2.75) is 19.9 Å². The Morgan fingerprint density at radius 2 is 2.00 bits per heavy atom. The summed E-state index contributed by atoms with van der Waals surface area (Å²) in [5.74, 6) is 1.01. The fourth-order valence-corrected chi connectivity index (χ4v) is 1.57. The van der Waals surface area contributed by atoms with E-state index in [0.717, 1.165) is 5.56 Å². The number of carbonyl (C=O) groups excluding carboxylic acids is 1. The van der Waals surface area contributed by atoms with Gasteiger partial charge in [0.15, 0.2) is 5.82 Å². The number of nitrogens with zero attached hydrogens (tertiary/aromatic N) is 1. The highest BCUT2D eigenvalue weighted by Gasteiger charge is 2.06. The zero-order chi connectivity index (χ0) is 13.8. The van der Waals surface area contributed by atoms with E-state index in [1.807, 2.05) is 19.1 Å². The van der Waals surface area contributed by atoms with Gasteiger partial charge in [-0.3, -0.25) is 5.32 Å². The maximum Gasteiger partial charge on any atom is 0.324 e. The number of aryl methyl sites for hydroxylation is 1. The molecule has 1 aromatic heterocycles. The van der Waals surface area contributed by atoms with Crippen molar-refractivity contribution in [1.29, 1.82) is 0 Å². The first-order chi connectivity index (χ1) is 9.04. The molecule has 0 aliphatic carbocycles. The summed E-state index contributed by atoms with van der Waals surface area (Å²) in [6, 6.07) is 8.58. The second-order valence-electron chi connectivity index (χ2n) is 4.31. The van der Waals surface area contributed by atoms with Gasteiger partial charge >= 0.3 is 6.03 Å². The van der Waals surface area contributed by atoms with E-state index in [1.165, 1.54) is 0 Å². The van der Waals surface area contributed by atoms with Crippen LogP contribution in [0.2, 0.25) is 0 Å². The molecule has 1 atom stereocenters. The lowest BCUT2D eigenvalue weighted by Gasteiger charge is -2.08. The van der Waals surface area contributed by atoms with Gasteiger partial charge in [0.25, 0.3) is 0 Å². The van der Waals surface area contributed by atoms with E-state index < -0.39 is 0 Å². The first-order valence-electron chi connectivity index (χ1n) is 5.91. The molecule has 0 saturated carbocycles. The predicted octanol–water partition coefficient (Wildman–Crippen LogP) is 2.65. The van der Waals surface area contributed by atoms with E-state index in [0.29, 0.717) is 17.3 Å². The van der Waals surface area contributed by atoms with Crippen LogP contribution in [0.15, 0.2) is 34.9 Å². The number of amides is 2. The summed E-state index contributed by atoms with van der Waals surface area (Å²) < 4.78 is 4.85. The topological polar surface area (TPSA) is 93.2 Å². The van der Waals surface area contributed by atoms with Crippen LogP contribution in [0.5, 0.6) is 0 Å². The summed E-state index contributed by atoms with van der Waals surface area (Å²) in [5, 5.41) is 8.93. The lowest BCUT2D eigenvalue weighted by molar-refractivity contribution is 0.262. The molecule has 2 aromatic rings. The number of carbonyl (C=O) groups is 1. The molecule has 0 aliphatic rings. The van der Waals surface area contributed by atoms with Crippen LogP contribution in [-0.4, -0.2) is 11.2 Å². The number of rotatable bonds is 3. The molecule has 0 saturated heterocycles. The Morgan fingerprint density at radius 3 is 2.53 bits per heavy atom. The molecule has 2 rings (SSSR count). The van der Waals surface area contributed by atoms with Gasteiger partial charge in [0.2, 0.25) is 0 Å². The number of nitrogens with one attached hydrogen (secondary N) is 2. The highest BCUT2D eigenvalue weighted by molar-refractivity contribution is 5.99. The number of hydrogen-bond acceptors (Lipinski definition) is 4. The van der Waals surface area contributed by atoms with Gasteiger partial charge in [-0.15, -0.1) is 0 Å². The molecule has 0 bridgehead atoms. The van der Waals surface area contributed by atoms with Crippen molar-refractivity contribution in [3.8, 4) is 0 Å². The number of urea groups is 1. The minimum absolute atomic E-state index is 0.0269. The molecule has 4 N–H and O–H groups in total. The average molecular weight is 260 g/mol. The SMILES string of the molecule is Cc1cc(NC(=O)Nc2ccc(C(C)N)cc2)no1. The molecule has 0 spiro atoms. The molecular weight excluding hydrogens is 244 g/mol. The van der Waals surface area contributed by atoms with Gasteiger partial charge in [-0.05, 0) is 31.5 Å². The monoisotopic (exact) mass is 260 g/mol. The Hall–Kier alpha value is -2.34. The summed E-state index contributed by atoms with van der Waals surface area (Å²) in [4.78, 5) is 11.7. The van der Waals surface area contributed by atoms with Gasteiger partial charge in [-0.1, -0.05) is 17.3 Å². The lowest BCUT2D eigenvalue weighted by atomic mass is 10.1. The van der Waals surface area contributed by atoms with Crippen molar-refractivity contribution in [1.82, 2.24) is 5.16 Å². The second-order valence-corrected chi connectivity index (χ2v) is 4.31. The third kappa shape index (κ3) is 3.56. The van der Waals surface area contributed by atoms with Crippen LogP contribution in [0.3, 0.4) is 0 Å². The average Bonchev–Trinajstić information content (AvgIpc) is 2.75. The summed E-state index contributed by atoms with van der Waals surface area (Å²) in [6.07, 6.45) is 0. The van der Waals surface area contributed by atoms with E-state index >= 15 is 0 Å². The molecule has 100 valence electrons. The van der Waals surface area contributed by atoms with E-state index in [4.69, 9.17) is 10.3 Å². The molecule has 0 fully saturated rings. The minimum atomic E-state index is -0.373. The molecule has 19 heavy (non-hydrogen) atoms. The summed E-state index contributed by atoms with van der Waals surface area (Å²) in [5.41, 5.74) is 7.45. The Bertz CT molecular complexity index is 560. The molecule has 6 heteroatoms. The number of aromatic nitrogens is 1. The summed E-state index contributed by atoms with van der Waals surface area (Å²) in [6.45, 7) is 3.66. The molecule has 1 unspecified atom stereocenters. The first kappa shape index (κ1) is 13.1. The molecule has 1 heterocycles. The Morgan fingerprint density at radius 1 is 1.32 bits per heavy atom. The molecule has 6 nitrogen and oxygen atoms in total. The highest BCUT2D eigenvalue weighted by Crippen LogP contribution is 2.14. The Labute approximate surface area is 111 Å². The number of anilines is 2. The van der Waals surface area contributed by atoms with Crippen molar-refractivity contribution >= 4 is 17.5 Å². The fourth-order valence-electron chi connectivity index (χ4n) is 1.57. The van der Waals surface area contributed by atoms with Crippen LogP contribution in [-0.2, 0) is 0 Å². The fraction of sp³-hybridized carbons (Fsp3) is 0.231. The van der Waals surface area contributed by atoms with Crippen LogP contribution in [0.4, 0.5) is 16.3 Å². The Balaban J connectivity index is 1.95. The number of nitrogens with two attached hydrogens (primary N) is 1. The van der Waals surface area contributed by atoms with Gasteiger partial charge < -0.3 is 15.6 Å². The maximum absolute atomic E-state index is 11.7. The second kappa shape index (κ2) is 5.53. The van der Waals surface area contributed by atoms with Crippen molar-refractivity contribution < 1.29 is 9.32 Å².